The molecule has 29 heavy (non-hydrogen) atoms. The van der Waals surface area contributed by atoms with Crippen molar-refractivity contribution in [2.24, 2.45) is 0 Å². The van der Waals surface area contributed by atoms with Gasteiger partial charge in [-0.15, -0.1) is 0 Å². The number of halogens is 2. The summed E-state index contributed by atoms with van der Waals surface area (Å²) in [4.78, 5) is 13.1. The lowest BCUT2D eigenvalue weighted by atomic mass is 10.0. The van der Waals surface area contributed by atoms with Gasteiger partial charge in [-0.1, -0.05) is 23.7 Å². The second kappa shape index (κ2) is 8.65. The Bertz CT molecular complexity index is 1030. The van der Waals surface area contributed by atoms with Crippen LogP contribution >= 0.6 is 27.5 Å². The molecule has 152 valence electrons. The van der Waals surface area contributed by atoms with Crippen molar-refractivity contribution < 1.29 is 19.1 Å². The summed E-state index contributed by atoms with van der Waals surface area (Å²) in [6, 6.07) is 13.7. The van der Waals surface area contributed by atoms with Crippen LogP contribution in [0.25, 0.3) is 11.0 Å². The molecule has 6 nitrogen and oxygen atoms in total. The fraction of sp³-hybridized carbons (Fsp3) is 0.286. The molecule has 3 aromatic rings. The van der Waals surface area contributed by atoms with Crippen molar-refractivity contribution in [1.29, 1.82) is 0 Å². The van der Waals surface area contributed by atoms with E-state index in [9.17, 15) is 4.79 Å². The first-order chi connectivity index (χ1) is 14.0. The molecular formula is C21H20BrClN2O4. The van der Waals surface area contributed by atoms with Crippen molar-refractivity contribution in [3.63, 3.8) is 0 Å². The average Bonchev–Trinajstić information content (AvgIpc) is 3.08. The van der Waals surface area contributed by atoms with Crippen molar-refractivity contribution in [2.45, 2.75) is 25.4 Å². The molecule has 1 aliphatic heterocycles. The number of anilines is 1. The van der Waals surface area contributed by atoms with E-state index in [4.69, 9.17) is 21.1 Å². The van der Waals surface area contributed by atoms with Crippen LogP contribution in [0.2, 0.25) is 5.02 Å². The van der Waals surface area contributed by atoms with E-state index in [0.717, 1.165) is 53.0 Å². The summed E-state index contributed by atoms with van der Waals surface area (Å²) >= 11 is 9.68. The number of nitrogens with zero attached hydrogens (tertiary/aromatic N) is 1. The summed E-state index contributed by atoms with van der Waals surface area (Å²) in [6.45, 7) is 2.92. The number of hydrogen-bond donors (Lipinski definition) is 2. The summed E-state index contributed by atoms with van der Waals surface area (Å²) < 4.78 is 10.8. The minimum absolute atomic E-state index is 0.0420. The highest BCUT2D eigenvalue weighted by atomic mass is 79.9. The van der Waals surface area contributed by atoms with Gasteiger partial charge in [-0.3, -0.25) is 4.90 Å². The molecule has 4 rings (SSSR count). The maximum absolute atomic E-state index is 10.7. The Hall–Kier alpha value is -2.22. The largest absolute Gasteiger partial charge is 0.513 e. The molecule has 2 N–H and O–H groups in total. The molecule has 0 atom stereocenters. The zero-order valence-electron chi connectivity index (χ0n) is 15.5. The van der Waals surface area contributed by atoms with Crippen LogP contribution in [0.4, 0.5) is 10.5 Å². The van der Waals surface area contributed by atoms with Crippen LogP contribution in [0.3, 0.4) is 0 Å². The van der Waals surface area contributed by atoms with Gasteiger partial charge in [0, 0.05) is 47.8 Å². The van der Waals surface area contributed by atoms with Crippen LogP contribution < -0.4 is 10.1 Å². The summed E-state index contributed by atoms with van der Waals surface area (Å²) in [7, 11) is 0. The molecule has 0 saturated carbocycles. The van der Waals surface area contributed by atoms with Gasteiger partial charge in [0.2, 0.25) is 0 Å². The first kappa shape index (κ1) is 20.1. The van der Waals surface area contributed by atoms with E-state index in [-0.39, 0.29) is 5.95 Å². The second-order valence-corrected chi connectivity index (χ2v) is 8.33. The summed E-state index contributed by atoms with van der Waals surface area (Å²) in [6.07, 6.45) is 0.663. The van der Waals surface area contributed by atoms with Gasteiger partial charge in [0.25, 0.3) is 5.95 Å². The predicted molar refractivity (Wildman–Crippen MR) is 116 cm³/mol. The van der Waals surface area contributed by atoms with E-state index in [0.29, 0.717) is 11.6 Å². The van der Waals surface area contributed by atoms with Crippen LogP contribution in [0.1, 0.15) is 18.4 Å². The number of benzene rings is 2. The number of carboxylic acid groups (broad SMARTS) is 1. The van der Waals surface area contributed by atoms with Gasteiger partial charge in [0.1, 0.15) is 5.58 Å². The molecule has 2 heterocycles. The van der Waals surface area contributed by atoms with Crippen LogP contribution in [-0.4, -0.2) is 35.3 Å². The third kappa shape index (κ3) is 4.86. The van der Waals surface area contributed by atoms with Crippen molar-refractivity contribution in [3.05, 3.63) is 57.5 Å². The number of ether oxygens (including phenoxy) is 1. The van der Waals surface area contributed by atoms with Gasteiger partial charge in [0.05, 0.1) is 4.47 Å². The molecule has 1 aliphatic rings. The molecule has 0 spiro atoms. The van der Waals surface area contributed by atoms with Gasteiger partial charge >= 0.3 is 6.16 Å². The van der Waals surface area contributed by atoms with Crippen molar-refractivity contribution in [1.82, 2.24) is 4.90 Å². The molecule has 0 radical (unpaired) electrons. The van der Waals surface area contributed by atoms with E-state index in [1.807, 2.05) is 30.3 Å². The minimum Gasteiger partial charge on any atom is -0.449 e. The van der Waals surface area contributed by atoms with Gasteiger partial charge in [0.15, 0.2) is 0 Å². The number of carbonyl (C=O) groups is 1. The highest BCUT2D eigenvalue weighted by molar-refractivity contribution is 9.10. The molecule has 2 aromatic carbocycles. The Labute approximate surface area is 181 Å². The van der Waals surface area contributed by atoms with Gasteiger partial charge in [-0.2, -0.15) is 0 Å². The highest BCUT2D eigenvalue weighted by Gasteiger charge is 2.21. The topological polar surface area (TPSA) is 74.9 Å². The Morgan fingerprint density at radius 2 is 2.07 bits per heavy atom. The first-order valence-electron chi connectivity index (χ1n) is 9.34. The lowest BCUT2D eigenvalue weighted by molar-refractivity contribution is 0.134. The number of furan rings is 1. The third-order valence-corrected chi connectivity index (χ3v) is 6.13. The zero-order valence-corrected chi connectivity index (χ0v) is 17.9. The Kier molecular flexibility index (Phi) is 5.99. The molecule has 8 heteroatoms. The number of piperidine rings is 1. The fourth-order valence-corrected chi connectivity index (χ4v) is 4.42. The molecule has 0 aliphatic carbocycles. The Balaban J connectivity index is 1.38. The number of rotatable bonds is 5. The van der Waals surface area contributed by atoms with E-state index >= 15 is 0 Å². The molecule has 0 amide bonds. The number of nitrogens with one attached hydrogen (secondary N) is 1. The quantitative estimate of drug-likeness (QED) is 0.438. The predicted octanol–water partition coefficient (Wildman–Crippen LogP) is 5.98. The summed E-state index contributed by atoms with van der Waals surface area (Å²) in [5.41, 5.74) is 2.75. The lowest BCUT2D eigenvalue weighted by Gasteiger charge is -2.33. The maximum atomic E-state index is 10.7. The normalized spacial score (nSPS) is 15.5. The van der Waals surface area contributed by atoms with Crippen LogP contribution in [-0.2, 0) is 6.54 Å². The number of likely N-dealkylation sites (tertiary alicyclic amines) is 1. The van der Waals surface area contributed by atoms with Gasteiger partial charge in [-0.25, -0.2) is 4.79 Å². The molecule has 1 aromatic heterocycles. The van der Waals surface area contributed by atoms with E-state index in [1.165, 1.54) is 5.56 Å². The summed E-state index contributed by atoms with van der Waals surface area (Å²) in [5, 5.41) is 13.9. The maximum Gasteiger partial charge on any atom is 0.513 e. The Morgan fingerprint density at radius 3 is 2.79 bits per heavy atom. The standard InChI is InChI=1S/C21H20BrClN2O4/c22-20-16-11-19(29-21(26)27)28-18(16)5-4-17(20)24-15-6-8-25(9-7-15)12-13-2-1-3-14(23)10-13/h1-5,10-11,15,24H,6-9,12H2,(H,26,27). The monoisotopic (exact) mass is 478 g/mol. The third-order valence-electron chi connectivity index (χ3n) is 5.04. The minimum atomic E-state index is -1.40. The summed E-state index contributed by atoms with van der Waals surface area (Å²) in [5.74, 6) is -0.0420. The second-order valence-electron chi connectivity index (χ2n) is 7.10. The molecule has 1 saturated heterocycles. The molecule has 1 fully saturated rings. The fourth-order valence-electron chi connectivity index (χ4n) is 3.65. The molecule has 0 bridgehead atoms. The molecular weight excluding hydrogens is 460 g/mol. The zero-order chi connectivity index (χ0) is 20.4. The Morgan fingerprint density at radius 1 is 1.28 bits per heavy atom. The van der Waals surface area contributed by atoms with Crippen LogP contribution in [0, 0.1) is 0 Å². The van der Waals surface area contributed by atoms with Gasteiger partial charge in [-0.05, 0) is 58.6 Å². The number of hydrogen-bond acceptors (Lipinski definition) is 5. The van der Waals surface area contributed by atoms with Crippen molar-refractivity contribution >= 4 is 50.3 Å². The van der Waals surface area contributed by atoms with Crippen LogP contribution in [0.5, 0.6) is 5.95 Å². The lowest BCUT2D eigenvalue weighted by Crippen LogP contribution is -2.38. The van der Waals surface area contributed by atoms with Crippen LogP contribution in [0.15, 0.2) is 51.4 Å². The van der Waals surface area contributed by atoms with Gasteiger partial charge < -0.3 is 19.6 Å². The van der Waals surface area contributed by atoms with Crippen molar-refractivity contribution in [3.8, 4) is 5.95 Å². The van der Waals surface area contributed by atoms with E-state index in [2.05, 4.69) is 36.9 Å². The number of fused-ring (bicyclic) bond motifs is 1. The average molecular weight is 480 g/mol. The van der Waals surface area contributed by atoms with E-state index in [1.54, 1.807) is 6.07 Å². The SMILES string of the molecule is O=C(O)Oc1cc2c(Br)c(NC3CCN(Cc4cccc(Cl)c4)CC3)ccc2o1. The smallest absolute Gasteiger partial charge is 0.449 e. The van der Waals surface area contributed by atoms with E-state index < -0.39 is 6.16 Å². The highest BCUT2D eigenvalue weighted by Crippen LogP contribution is 2.36. The first-order valence-corrected chi connectivity index (χ1v) is 10.5. The van der Waals surface area contributed by atoms with Crippen molar-refractivity contribution in [2.75, 3.05) is 18.4 Å². The molecule has 0 unspecified atom stereocenters.